The molecule has 15 heteroatoms. The fourth-order valence-corrected chi connectivity index (χ4v) is 4.89. The molecule has 0 N–H and O–H groups in total. The van der Waals surface area contributed by atoms with Gasteiger partial charge in [-0.15, -0.1) is 8.42 Å². The average Bonchev–Trinajstić information content (AvgIpc) is 2.62. The summed E-state index contributed by atoms with van der Waals surface area (Å²) in [5.41, 5.74) is 0. The molecule has 0 amide bonds. The molecule has 2 rings (SSSR count). The van der Waals surface area contributed by atoms with Gasteiger partial charge in [-0.3, -0.25) is 0 Å². The van der Waals surface area contributed by atoms with Crippen LogP contribution in [0.4, 0.5) is 0 Å². The van der Waals surface area contributed by atoms with E-state index in [1.165, 1.54) is 0 Å². The van der Waals surface area contributed by atoms with Crippen LogP contribution in [0.15, 0.2) is 0 Å². The van der Waals surface area contributed by atoms with Gasteiger partial charge in [-0.2, -0.15) is 0 Å². The van der Waals surface area contributed by atoms with Crippen LogP contribution in [0.1, 0.15) is 0 Å². The van der Waals surface area contributed by atoms with Crippen LogP contribution in [-0.4, -0.2) is 8.42 Å². The maximum absolute atomic E-state index is 12.3. The topological polar surface area (TPSA) is 52.6 Å². The molecule has 0 bridgehead atoms. The fraction of sp³-hybridized carbons (Fsp3) is 0. The summed E-state index contributed by atoms with van der Waals surface area (Å²) >= 11 is 58.6. The lowest BCUT2D eigenvalue weighted by molar-refractivity contribution is 0.393. The lowest BCUT2D eigenvalue weighted by atomic mass is 10.3. The van der Waals surface area contributed by atoms with Gasteiger partial charge in [0.1, 0.15) is 20.1 Å². The van der Waals surface area contributed by atoms with Crippen molar-refractivity contribution in [2.45, 2.75) is 0 Å². The molecule has 0 saturated carbocycles. The minimum atomic E-state index is -4.93. The molecular formula is C12Cl10O4S. The first-order chi connectivity index (χ1) is 12.3. The molecule has 0 aliphatic rings. The Morgan fingerprint density at radius 3 is 0.815 bits per heavy atom. The molecule has 0 aliphatic heterocycles. The Kier molecular flexibility index (Phi) is 8.00. The van der Waals surface area contributed by atoms with Gasteiger partial charge in [0.15, 0.2) is 11.5 Å². The Morgan fingerprint density at radius 2 is 0.593 bits per heavy atom. The third-order valence-electron chi connectivity index (χ3n) is 2.71. The van der Waals surface area contributed by atoms with Crippen LogP contribution < -0.4 is 8.37 Å². The first-order valence-electron chi connectivity index (χ1n) is 5.96. The summed E-state index contributed by atoms with van der Waals surface area (Å²) in [4.78, 5) is 0. The van der Waals surface area contributed by atoms with E-state index in [1.807, 2.05) is 0 Å². The highest BCUT2D eigenvalue weighted by Crippen LogP contribution is 2.50. The highest BCUT2D eigenvalue weighted by atomic mass is 35.5. The molecule has 0 fully saturated rings. The Labute approximate surface area is 203 Å². The van der Waals surface area contributed by atoms with E-state index in [0.29, 0.717) is 0 Å². The van der Waals surface area contributed by atoms with Crippen molar-refractivity contribution >= 4 is 126 Å². The highest BCUT2D eigenvalue weighted by Gasteiger charge is 2.29. The van der Waals surface area contributed by atoms with Gasteiger partial charge in [0.25, 0.3) is 0 Å². The van der Waals surface area contributed by atoms with Crippen LogP contribution in [0.3, 0.4) is 0 Å². The van der Waals surface area contributed by atoms with Crippen molar-refractivity contribution in [2.24, 2.45) is 0 Å². The van der Waals surface area contributed by atoms with Gasteiger partial charge in [0, 0.05) is 0 Å². The first-order valence-corrected chi connectivity index (χ1v) is 11.1. The van der Waals surface area contributed by atoms with Crippen LogP contribution >= 0.6 is 116 Å². The van der Waals surface area contributed by atoms with E-state index in [-0.39, 0.29) is 30.1 Å². The summed E-state index contributed by atoms with van der Waals surface area (Å²) in [6.07, 6.45) is 0. The molecule has 2 aromatic carbocycles. The second kappa shape index (κ2) is 8.94. The molecule has 0 atom stereocenters. The van der Waals surface area contributed by atoms with E-state index < -0.39 is 42.0 Å². The third kappa shape index (κ3) is 4.80. The SMILES string of the molecule is O=S(=O)(Oc1c(Cl)c(Cl)c(Cl)c(Cl)c1Cl)Oc1c(Cl)c(Cl)c(Cl)c(Cl)c1Cl. The summed E-state index contributed by atoms with van der Waals surface area (Å²) in [6, 6.07) is 0. The van der Waals surface area contributed by atoms with E-state index in [1.54, 1.807) is 0 Å². The van der Waals surface area contributed by atoms with Crippen LogP contribution in [-0.2, 0) is 10.4 Å². The number of benzene rings is 2. The van der Waals surface area contributed by atoms with Crippen molar-refractivity contribution in [1.82, 2.24) is 0 Å². The van der Waals surface area contributed by atoms with Gasteiger partial charge in [-0.25, -0.2) is 0 Å². The second-order valence-electron chi connectivity index (χ2n) is 4.37. The van der Waals surface area contributed by atoms with Gasteiger partial charge in [0.05, 0.1) is 30.1 Å². The van der Waals surface area contributed by atoms with Crippen LogP contribution in [0.25, 0.3) is 0 Å². The lowest BCUT2D eigenvalue weighted by Gasteiger charge is -2.15. The largest absolute Gasteiger partial charge is 0.501 e. The van der Waals surface area contributed by atoms with E-state index >= 15 is 0 Å². The van der Waals surface area contributed by atoms with Crippen LogP contribution in [0.2, 0.25) is 50.2 Å². The molecule has 0 aliphatic carbocycles. The zero-order valence-corrected chi connectivity index (χ0v) is 20.2. The Morgan fingerprint density at radius 1 is 0.407 bits per heavy atom. The van der Waals surface area contributed by atoms with Crippen molar-refractivity contribution in [3.8, 4) is 11.5 Å². The molecule has 0 aromatic heterocycles. The molecule has 148 valence electrons. The number of hydrogen-bond donors (Lipinski definition) is 0. The zero-order chi connectivity index (χ0) is 20.8. The van der Waals surface area contributed by atoms with Gasteiger partial charge in [-0.05, 0) is 0 Å². The van der Waals surface area contributed by atoms with Crippen molar-refractivity contribution in [2.75, 3.05) is 0 Å². The second-order valence-corrected chi connectivity index (χ2v) is 9.30. The Bertz CT molecular complexity index is 918. The minimum Gasteiger partial charge on any atom is -0.349 e. The van der Waals surface area contributed by atoms with E-state index in [2.05, 4.69) is 0 Å². The molecule has 0 heterocycles. The summed E-state index contributed by atoms with van der Waals surface area (Å²) in [5.74, 6) is -1.28. The van der Waals surface area contributed by atoms with Gasteiger partial charge in [-0.1, -0.05) is 116 Å². The van der Waals surface area contributed by atoms with Crippen LogP contribution in [0, 0.1) is 0 Å². The summed E-state index contributed by atoms with van der Waals surface area (Å²) in [7, 11) is -4.93. The normalized spacial score (nSPS) is 11.6. The number of rotatable bonds is 4. The number of halogens is 10. The van der Waals surface area contributed by atoms with Gasteiger partial charge in [0.2, 0.25) is 0 Å². The molecule has 2 aromatic rings. The maximum atomic E-state index is 12.3. The van der Waals surface area contributed by atoms with E-state index in [4.69, 9.17) is 124 Å². The molecule has 0 saturated heterocycles. The van der Waals surface area contributed by atoms with Crippen molar-refractivity contribution in [3.63, 3.8) is 0 Å². The van der Waals surface area contributed by atoms with E-state index in [9.17, 15) is 8.42 Å². The predicted octanol–water partition coefficient (Wildman–Crippen LogP) is 8.92. The summed E-state index contributed by atoms with van der Waals surface area (Å²) in [6.45, 7) is 0. The summed E-state index contributed by atoms with van der Waals surface area (Å²) < 4.78 is 34.0. The van der Waals surface area contributed by atoms with Gasteiger partial charge < -0.3 is 8.37 Å². The monoisotopic (exact) mass is 590 g/mol. The average molecular weight is 595 g/mol. The van der Waals surface area contributed by atoms with Crippen molar-refractivity contribution < 1.29 is 16.8 Å². The Hall–Kier alpha value is 0.890. The molecule has 27 heavy (non-hydrogen) atoms. The zero-order valence-electron chi connectivity index (χ0n) is 11.8. The molecular weight excluding hydrogens is 595 g/mol. The molecule has 0 radical (unpaired) electrons. The van der Waals surface area contributed by atoms with E-state index in [0.717, 1.165) is 0 Å². The first kappa shape index (κ1) is 24.2. The predicted molar refractivity (Wildman–Crippen MR) is 113 cm³/mol. The van der Waals surface area contributed by atoms with Gasteiger partial charge >= 0.3 is 10.4 Å². The molecule has 0 unspecified atom stereocenters. The fourth-order valence-electron chi connectivity index (χ4n) is 1.54. The smallest absolute Gasteiger partial charge is 0.349 e. The standard InChI is InChI=1S/C12Cl10O4S/c13-1-3(15)7(19)11(8(20)4(1)16)25-27(23,24)26-12-9(21)5(17)2(14)6(18)10(12)22. The van der Waals surface area contributed by atoms with Crippen molar-refractivity contribution in [1.29, 1.82) is 0 Å². The maximum Gasteiger partial charge on any atom is 0.501 e. The van der Waals surface area contributed by atoms with Crippen LogP contribution in [0.5, 0.6) is 11.5 Å². The Balaban J connectivity index is 2.53. The molecule has 4 nitrogen and oxygen atoms in total. The summed E-state index contributed by atoms with van der Waals surface area (Å²) in [5, 5.41) is -3.36. The third-order valence-corrected chi connectivity index (χ3v) is 7.94. The minimum absolute atomic E-state index is 0.207. The quantitative estimate of drug-likeness (QED) is 0.262. The number of hydrogen-bond acceptors (Lipinski definition) is 4. The molecule has 0 spiro atoms. The van der Waals surface area contributed by atoms with Crippen molar-refractivity contribution in [3.05, 3.63) is 50.2 Å². The highest BCUT2D eigenvalue weighted by molar-refractivity contribution is 7.82. The lowest BCUT2D eigenvalue weighted by Crippen LogP contribution is -2.17.